The van der Waals surface area contributed by atoms with E-state index in [0.29, 0.717) is 0 Å². The summed E-state index contributed by atoms with van der Waals surface area (Å²) >= 11 is 0. The van der Waals surface area contributed by atoms with Gasteiger partial charge >= 0.3 is 0 Å². The molecule has 2 aliphatic rings. The molecule has 84 valence electrons. The molecule has 0 atom stereocenters. The monoisotopic (exact) mass is 230 g/mol. The average molecular weight is 230 g/mol. The second-order valence-corrected chi connectivity index (χ2v) is 4.41. The molecule has 1 aromatic carbocycles. The molecule has 0 spiro atoms. The predicted molar refractivity (Wildman–Crippen MR) is 73.7 cm³/mol. The molecule has 1 aliphatic carbocycles. The molecule has 0 radical (unpaired) electrons. The third-order valence-corrected chi connectivity index (χ3v) is 3.32. The molecule has 2 heterocycles. The van der Waals surface area contributed by atoms with E-state index in [-0.39, 0.29) is 0 Å². The molecule has 2 heteroatoms. The van der Waals surface area contributed by atoms with Gasteiger partial charge in [0.1, 0.15) is 0 Å². The summed E-state index contributed by atoms with van der Waals surface area (Å²) in [4.78, 5) is 8.84. The van der Waals surface area contributed by atoms with Crippen molar-refractivity contribution in [1.29, 1.82) is 0 Å². The number of aromatic nitrogens is 2. The maximum absolute atomic E-state index is 4.68. The van der Waals surface area contributed by atoms with Crippen molar-refractivity contribution in [2.45, 2.75) is 0 Å². The van der Waals surface area contributed by atoms with E-state index in [1.54, 1.807) is 0 Å². The van der Waals surface area contributed by atoms with Gasteiger partial charge in [0.15, 0.2) is 0 Å². The van der Waals surface area contributed by atoms with E-state index in [0.717, 1.165) is 16.6 Å². The van der Waals surface area contributed by atoms with Crippen LogP contribution in [0.25, 0.3) is 32.9 Å². The molecular formula is C16H10N2. The van der Waals surface area contributed by atoms with E-state index in [1.807, 2.05) is 24.5 Å². The minimum atomic E-state index is 1.04. The Morgan fingerprint density at radius 1 is 0.833 bits per heavy atom. The number of rotatable bonds is 0. The molecule has 0 amide bonds. The molecule has 2 aromatic rings. The van der Waals surface area contributed by atoms with Crippen molar-refractivity contribution in [2.24, 2.45) is 0 Å². The van der Waals surface area contributed by atoms with Crippen LogP contribution in [0.3, 0.4) is 0 Å². The van der Waals surface area contributed by atoms with E-state index in [2.05, 4.69) is 46.4 Å². The van der Waals surface area contributed by atoms with Crippen molar-refractivity contribution in [3.8, 4) is 11.3 Å². The first kappa shape index (κ1) is 9.54. The molecular weight excluding hydrogens is 220 g/mol. The zero-order valence-corrected chi connectivity index (χ0v) is 9.67. The van der Waals surface area contributed by atoms with Gasteiger partial charge in [-0.3, -0.25) is 4.98 Å². The van der Waals surface area contributed by atoms with Crippen molar-refractivity contribution in [3.63, 3.8) is 0 Å². The van der Waals surface area contributed by atoms with Gasteiger partial charge in [0.05, 0.1) is 11.2 Å². The highest BCUT2D eigenvalue weighted by Gasteiger charge is 2.09. The van der Waals surface area contributed by atoms with E-state index in [9.17, 15) is 0 Å². The largest absolute Gasteiger partial charge is 0.264 e. The number of fused-ring (bicyclic) bond motifs is 4. The lowest BCUT2D eigenvalue weighted by Gasteiger charge is -1.90. The molecule has 1 aliphatic heterocycles. The summed E-state index contributed by atoms with van der Waals surface area (Å²) in [7, 11) is 0. The van der Waals surface area contributed by atoms with Crippen LogP contribution >= 0.6 is 0 Å². The zero-order valence-electron chi connectivity index (χ0n) is 9.67. The smallest absolute Gasteiger partial charge is 0.0722 e. The maximum Gasteiger partial charge on any atom is 0.0722 e. The van der Waals surface area contributed by atoms with Gasteiger partial charge in [-0.2, -0.15) is 0 Å². The maximum atomic E-state index is 4.68. The Hall–Kier alpha value is -2.48. The fraction of sp³-hybridized carbons (Fsp3) is 0. The van der Waals surface area contributed by atoms with Gasteiger partial charge in [0.2, 0.25) is 0 Å². The summed E-state index contributed by atoms with van der Waals surface area (Å²) in [5.41, 5.74) is 3.29. The van der Waals surface area contributed by atoms with Gasteiger partial charge < -0.3 is 0 Å². The van der Waals surface area contributed by atoms with Crippen LogP contribution in [0.15, 0.2) is 60.9 Å². The lowest BCUT2D eigenvalue weighted by molar-refractivity contribution is 1.37. The topological polar surface area (TPSA) is 25.8 Å². The van der Waals surface area contributed by atoms with Crippen molar-refractivity contribution in [2.75, 3.05) is 0 Å². The van der Waals surface area contributed by atoms with Crippen molar-refractivity contribution in [1.82, 2.24) is 9.97 Å². The Labute approximate surface area is 104 Å². The standard InChI is InChI=1S/C16H10N2/c1-2-4-15-13(3-1)14-6-5-12-10-17-8-7-11(12)9-16(14)18-15/h1-10H. The number of nitrogens with zero attached hydrogens (tertiary/aromatic N) is 2. The van der Waals surface area contributed by atoms with Crippen LogP contribution in [0.1, 0.15) is 0 Å². The first-order valence-electron chi connectivity index (χ1n) is 5.94. The lowest BCUT2D eigenvalue weighted by Crippen LogP contribution is -1.71. The fourth-order valence-electron chi connectivity index (χ4n) is 2.42. The van der Waals surface area contributed by atoms with Gasteiger partial charge in [-0.15, -0.1) is 0 Å². The minimum absolute atomic E-state index is 1.04. The molecule has 18 heavy (non-hydrogen) atoms. The highest BCUT2D eigenvalue weighted by molar-refractivity contribution is 5.99. The number of benzene rings is 1. The zero-order chi connectivity index (χ0) is 11.9. The predicted octanol–water partition coefficient (Wildman–Crippen LogP) is 3.89. The van der Waals surface area contributed by atoms with Crippen LogP contribution in [0.5, 0.6) is 0 Å². The van der Waals surface area contributed by atoms with E-state index in [1.165, 1.54) is 16.3 Å². The Bertz CT molecular complexity index is 830. The van der Waals surface area contributed by atoms with Crippen molar-refractivity contribution in [3.05, 3.63) is 60.9 Å². The molecule has 0 N–H and O–H groups in total. The molecule has 2 nitrogen and oxygen atoms in total. The lowest BCUT2D eigenvalue weighted by atomic mass is 10.1. The Kier molecular flexibility index (Phi) is 1.86. The number of hydrogen-bond donors (Lipinski definition) is 0. The normalized spacial score (nSPS) is 11.3. The molecule has 4 rings (SSSR count). The van der Waals surface area contributed by atoms with Gasteiger partial charge in [-0.05, 0) is 23.6 Å². The van der Waals surface area contributed by atoms with Gasteiger partial charge in [-0.1, -0.05) is 30.3 Å². The van der Waals surface area contributed by atoms with Gasteiger partial charge in [0.25, 0.3) is 0 Å². The van der Waals surface area contributed by atoms with Gasteiger partial charge in [-0.25, -0.2) is 4.98 Å². The van der Waals surface area contributed by atoms with Crippen LogP contribution in [-0.2, 0) is 0 Å². The third kappa shape index (κ3) is 1.29. The first-order chi connectivity index (χ1) is 8.92. The molecule has 0 saturated carbocycles. The summed E-state index contributed by atoms with van der Waals surface area (Å²) in [6.45, 7) is 0. The average Bonchev–Trinajstić information content (AvgIpc) is 2.65. The second kappa shape index (κ2) is 3.50. The fourth-order valence-corrected chi connectivity index (χ4v) is 2.42. The van der Waals surface area contributed by atoms with E-state index in [4.69, 9.17) is 0 Å². The SMILES string of the molecule is c1ccc2c3ccc4cnccc4cc-3nc2c1. The summed E-state index contributed by atoms with van der Waals surface area (Å²) in [6.07, 6.45) is 3.70. The summed E-state index contributed by atoms with van der Waals surface area (Å²) in [5.74, 6) is 0. The molecule has 1 aromatic heterocycles. The van der Waals surface area contributed by atoms with Crippen LogP contribution in [0, 0.1) is 0 Å². The Morgan fingerprint density at radius 3 is 2.78 bits per heavy atom. The van der Waals surface area contributed by atoms with Crippen LogP contribution in [0.2, 0.25) is 0 Å². The second-order valence-electron chi connectivity index (χ2n) is 4.41. The van der Waals surface area contributed by atoms with Crippen LogP contribution < -0.4 is 0 Å². The van der Waals surface area contributed by atoms with E-state index >= 15 is 0 Å². The molecule has 0 bridgehead atoms. The number of para-hydroxylation sites is 1. The Balaban J connectivity index is 2.20. The highest BCUT2D eigenvalue weighted by Crippen LogP contribution is 2.31. The summed E-state index contributed by atoms with van der Waals surface area (Å²) in [6, 6.07) is 16.6. The van der Waals surface area contributed by atoms with Crippen LogP contribution in [0.4, 0.5) is 0 Å². The van der Waals surface area contributed by atoms with Gasteiger partial charge in [0, 0.05) is 28.7 Å². The quantitative estimate of drug-likeness (QED) is 0.458. The number of hydrogen-bond acceptors (Lipinski definition) is 2. The minimum Gasteiger partial charge on any atom is -0.264 e. The molecule has 0 fully saturated rings. The summed E-state index contributed by atoms with van der Waals surface area (Å²) < 4.78 is 0. The first-order valence-corrected chi connectivity index (χ1v) is 5.94. The molecule has 0 unspecified atom stereocenters. The van der Waals surface area contributed by atoms with Crippen LogP contribution in [-0.4, -0.2) is 9.97 Å². The number of pyridine rings is 1. The van der Waals surface area contributed by atoms with E-state index < -0.39 is 0 Å². The molecule has 0 saturated heterocycles. The van der Waals surface area contributed by atoms with Crippen molar-refractivity contribution >= 4 is 21.7 Å². The highest BCUT2D eigenvalue weighted by atomic mass is 14.7. The summed E-state index contributed by atoms with van der Waals surface area (Å²) in [5, 5.41) is 3.52. The Morgan fingerprint density at radius 2 is 1.78 bits per heavy atom. The van der Waals surface area contributed by atoms with Crippen molar-refractivity contribution < 1.29 is 0 Å². The third-order valence-electron chi connectivity index (χ3n) is 3.32.